The Hall–Kier alpha value is -1.69. The second kappa shape index (κ2) is 7.73. The minimum Gasteiger partial charge on any atom is -0.379 e. The molecule has 2 aromatic rings. The Balaban J connectivity index is 1.69. The van der Waals surface area contributed by atoms with Crippen LogP contribution in [0.25, 0.3) is 0 Å². The SMILES string of the molecule is Cc1ccc(C(=O)NCC(c2ccccc2)N2CCOCC2)s1. The molecule has 4 nitrogen and oxygen atoms in total. The Morgan fingerprint density at radius 2 is 1.96 bits per heavy atom. The van der Waals surface area contributed by atoms with E-state index >= 15 is 0 Å². The van der Waals surface area contributed by atoms with Crippen molar-refractivity contribution in [3.05, 3.63) is 57.8 Å². The Morgan fingerprint density at radius 3 is 2.61 bits per heavy atom. The molecule has 1 unspecified atom stereocenters. The standard InChI is InChI=1S/C18H22N2O2S/c1-14-7-8-17(23-14)18(21)19-13-16(15-5-3-2-4-6-15)20-9-11-22-12-10-20/h2-8,16H,9-13H2,1H3,(H,19,21). The van der Waals surface area contributed by atoms with Crippen LogP contribution in [0.15, 0.2) is 42.5 Å². The molecule has 1 N–H and O–H groups in total. The van der Waals surface area contributed by atoms with Crippen molar-refractivity contribution in [2.24, 2.45) is 0 Å². The van der Waals surface area contributed by atoms with Gasteiger partial charge in [0, 0.05) is 24.5 Å². The first-order chi connectivity index (χ1) is 11.2. The fourth-order valence-corrected chi connectivity index (χ4v) is 3.64. The molecule has 0 saturated carbocycles. The summed E-state index contributed by atoms with van der Waals surface area (Å²) in [5, 5.41) is 3.10. The van der Waals surface area contributed by atoms with Gasteiger partial charge >= 0.3 is 0 Å². The fraction of sp³-hybridized carbons (Fsp3) is 0.389. The van der Waals surface area contributed by atoms with Gasteiger partial charge in [0.2, 0.25) is 0 Å². The van der Waals surface area contributed by atoms with Gasteiger partial charge in [0.05, 0.1) is 24.1 Å². The van der Waals surface area contributed by atoms with Crippen LogP contribution in [0.5, 0.6) is 0 Å². The highest BCUT2D eigenvalue weighted by Crippen LogP contribution is 2.21. The van der Waals surface area contributed by atoms with Gasteiger partial charge in [0.1, 0.15) is 0 Å². The quantitative estimate of drug-likeness (QED) is 0.916. The van der Waals surface area contributed by atoms with E-state index in [9.17, 15) is 4.79 Å². The molecule has 1 aliphatic heterocycles. The van der Waals surface area contributed by atoms with Gasteiger partial charge in [-0.25, -0.2) is 0 Å². The number of thiophene rings is 1. The van der Waals surface area contributed by atoms with Crippen molar-refractivity contribution in [3.63, 3.8) is 0 Å². The predicted octanol–water partition coefficient (Wildman–Crippen LogP) is 2.86. The fourth-order valence-electron chi connectivity index (χ4n) is 2.86. The predicted molar refractivity (Wildman–Crippen MR) is 93.0 cm³/mol. The van der Waals surface area contributed by atoms with Crippen LogP contribution in [-0.4, -0.2) is 43.7 Å². The van der Waals surface area contributed by atoms with Gasteiger partial charge in [0.25, 0.3) is 5.91 Å². The molecule has 0 spiro atoms. The first-order valence-electron chi connectivity index (χ1n) is 7.95. The second-order valence-corrected chi connectivity index (χ2v) is 6.98. The third-order valence-electron chi connectivity index (χ3n) is 4.09. The zero-order valence-electron chi connectivity index (χ0n) is 13.3. The van der Waals surface area contributed by atoms with Gasteiger partial charge in [-0.15, -0.1) is 11.3 Å². The summed E-state index contributed by atoms with van der Waals surface area (Å²) >= 11 is 1.53. The highest BCUT2D eigenvalue weighted by atomic mass is 32.1. The number of ether oxygens (including phenoxy) is 1. The normalized spacial score (nSPS) is 16.9. The van der Waals surface area contributed by atoms with Gasteiger partial charge in [-0.3, -0.25) is 9.69 Å². The smallest absolute Gasteiger partial charge is 0.261 e. The van der Waals surface area contributed by atoms with Gasteiger partial charge in [-0.1, -0.05) is 30.3 Å². The zero-order valence-corrected chi connectivity index (χ0v) is 14.1. The van der Waals surface area contributed by atoms with Crippen molar-refractivity contribution >= 4 is 17.2 Å². The molecule has 1 saturated heterocycles. The van der Waals surface area contributed by atoms with Crippen molar-refractivity contribution in [3.8, 4) is 0 Å². The summed E-state index contributed by atoms with van der Waals surface area (Å²) in [7, 11) is 0. The van der Waals surface area contributed by atoms with Crippen LogP contribution in [0.1, 0.15) is 26.2 Å². The number of amides is 1. The molecular formula is C18H22N2O2S. The number of carbonyl (C=O) groups is 1. The molecule has 23 heavy (non-hydrogen) atoms. The molecular weight excluding hydrogens is 308 g/mol. The van der Waals surface area contributed by atoms with Gasteiger partial charge in [-0.05, 0) is 24.6 Å². The Bertz CT molecular complexity index is 635. The lowest BCUT2D eigenvalue weighted by atomic mass is 10.0. The number of nitrogens with one attached hydrogen (secondary N) is 1. The monoisotopic (exact) mass is 330 g/mol. The van der Waals surface area contributed by atoms with Crippen molar-refractivity contribution < 1.29 is 9.53 Å². The molecule has 0 radical (unpaired) electrons. The van der Waals surface area contributed by atoms with E-state index in [2.05, 4.69) is 22.3 Å². The van der Waals surface area contributed by atoms with Crippen LogP contribution in [0, 0.1) is 6.92 Å². The molecule has 0 bridgehead atoms. The maximum Gasteiger partial charge on any atom is 0.261 e. The number of nitrogens with zero attached hydrogens (tertiary/aromatic N) is 1. The average molecular weight is 330 g/mol. The highest BCUT2D eigenvalue weighted by Gasteiger charge is 2.23. The van der Waals surface area contributed by atoms with E-state index in [1.54, 1.807) is 0 Å². The Labute approximate surface area is 141 Å². The maximum atomic E-state index is 12.3. The van der Waals surface area contributed by atoms with Crippen molar-refractivity contribution in [1.29, 1.82) is 0 Å². The maximum absolute atomic E-state index is 12.3. The van der Waals surface area contributed by atoms with Crippen LogP contribution in [0.3, 0.4) is 0 Å². The Morgan fingerprint density at radius 1 is 1.22 bits per heavy atom. The third-order valence-corrected chi connectivity index (χ3v) is 5.09. The molecule has 1 aromatic heterocycles. The third kappa shape index (κ3) is 4.19. The summed E-state index contributed by atoms with van der Waals surface area (Å²) in [4.78, 5) is 16.7. The molecule has 5 heteroatoms. The Kier molecular flexibility index (Phi) is 5.43. The number of rotatable bonds is 5. The topological polar surface area (TPSA) is 41.6 Å². The van der Waals surface area contributed by atoms with Crippen LogP contribution in [-0.2, 0) is 4.74 Å². The molecule has 122 valence electrons. The zero-order chi connectivity index (χ0) is 16.1. The van der Waals surface area contributed by atoms with Crippen LogP contribution in [0.4, 0.5) is 0 Å². The molecule has 1 amide bonds. The summed E-state index contributed by atoms with van der Waals surface area (Å²) in [6.07, 6.45) is 0. The number of hydrogen-bond donors (Lipinski definition) is 1. The summed E-state index contributed by atoms with van der Waals surface area (Å²) in [6, 6.07) is 14.4. The lowest BCUT2D eigenvalue weighted by Crippen LogP contribution is -2.43. The van der Waals surface area contributed by atoms with Crippen LogP contribution >= 0.6 is 11.3 Å². The summed E-state index contributed by atoms with van der Waals surface area (Å²) < 4.78 is 5.46. The first-order valence-corrected chi connectivity index (χ1v) is 8.77. The molecule has 2 heterocycles. The largest absolute Gasteiger partial charge is 0.379 e. The summed E-state index contributed by atoms with van der Waals surface area (Å²) in [5.41, 5.74) is 1.23. The van der Waals surface area contributed by atoms with E-state index in [0.717, 1.165) is 36.1 Å². The number of aryl methyl sites for hydroxylation is 1. The molecule has 3 rings (SSSR count). The molecule has 0 aliphatic carbocycles. The average Bonchev–Trinajstić information content (AvgIpc) is 3.03. The van der Waals surface area contributed by atoms with E-state index in [1.165, 1.54) is 16.9 Å². The number of morpholine rings is 1. The van der Waals surface area contributed by atoms with Gasteiger partial charge in [0.15, 0.2) is 0 Å². The van der Waals surface area contributed by atoms with E-state index in [-0.39, 0.29) is 11.9 Å². The van der Waals surface area contributed by atoms with Gasteiger partial charge < -0.3 is 10.1 Å². The molecule has 1 aromatic carbocycles. The van der Waals surface area contributed by atoms with Crippen molar-refractivity contribution in [1.82, 2.24) is 10.2 Å². The number of hydrogen-bond acceptors (Lipinski definition) is 4. The van der Waals surface area contributed by atoms with E-state index in [1.807, 2.05) is 37.3 Å². The van der Waals surface area contributed by atoms with E-state index in [0.29, 0.717) is 6.54 Å². The number of benzene rings is 1. The second-order valence-electron chi connectivity index (χ2n) is 5.70. The minimum atomic E-state index is 0.0114. The first kappa shape index (κ1) is 16.2. The molecule has 1 aliphatic rings. The van der Waals surface area contributed by atoms with Gasteiger partial charge in [-0.2, -0.15) is 0 Å². The molecule has 1 fully saturated rings. The summed E-state index contributed by atoms with van der Waals surface area (Å²) in [5.74, 6) is 0.0114. The molecule has 1 atom stereocenters. The summed E-state index contributed by atoms with van der Waals surface area (Å²) in [6.45, 7) is 5.92. The van der Waals surface area contributed by atoms with Crippen LogP contribution < -0.4 is 5.32 Å². The lowest BCUT2D eigenvalue weighted by Gasteiger charge is -2.34. The lowest BCUT2D eigenvalue weighted by molar-refractivity contribution is 0.0162. The van der Waals surface area contributed by atoms with Crippen LogP contribution in [0.2, 0.25) is 0 Å². The van der Waals surface area contributed by atoms with E-state index < -0.39 is 0 Å². The van der Waals surface area contributed by atoms with E-state index in [4.69, 9.17) is 4.74 Å². The number of carbonyl (C=O) groups excluding carboxylic acids is 1. The van der Waals surface area contributed by atoms with Crippen molar-refractivity contribution in [2.75, 3.05) is 32.8 Å². The highest BCUT2D eigenvalue weighted by molar-refractivity contribution is 7.13. The minimum absolute atomic E-state index is 0.0114. The van der Waals surface area contributed by atoms with Crippen molar-refractivity contribution in [2.45, 2.75) is 13.0 Å².